The molecular weight excluding hydrogens is 232 g/mol. The van der Waals surface area contributed by atoms with Crippen molar-refractivity contribution >= 4 is 16.5 Å². The van der Waals surface area contributed by atoms with E-state index in [0.29, 0.717) is 6.10 Å². The van der Waals surface area contributed by atoms with Gasteiger partial charge in [-0.2, -0.15) is 0 Å². The lowest BCUT2D eigenvalue weighted by Gasteiger charge is -2.21. The Morgan fingerprint density at radius 2 is 2.24 bits per heavy atom. The fourth-order valence-electron chi connectivity index (χ4n) is 2.12. The second kappa shape index (κ2) is 6.97. The molecule has 0 bridgehead atoms. The maximum atomic E-state index is 5.93. The monoisotopic (exact) mass is 254 g/mol. The smallest absolute Gasteiger partial charge is 0.182 e. The molecule has 0 unspecified atom stereocenters. The van der Waals surface area contributed by atoms with Crippen LogP contribution in [0.25, 0.3) is 0 Å². The first-order valence-electron chi connectivity index (χ1n) is 6.68. The van der Waals surface area contributed by atoms with Gasteiger partial charge in [0.25, 0.3) is 0 Å². The molecule has 17 heavy (non-hydrogen) atoms. The zero-order chi connectivity index (χ0) is 11.9. The van der Waals surface area contributed by atoms with Gasteiger partial charge >= 0.3 is 0 Å². The quantitative estimate of drug-likeness (QED) is 0.838. The molecule has 1 saturated carbocycles. The van der Waals surface area contributed by atoms with Crippen molar-refractivity contribution in [3.8, 4) is 0 Å². The summed E-state index contributed by atoms with van der Waals surface area (Å²) in [5, 5.41) is 4.33. The van der Waals surface area contributed by atoms with E-state index in [2.05, 4.69) is 17.2 Å². The van der Waals surface area contributed by atoms with Gasteiger partial charge in [-0.05, 0) is 19.3 Å². The van der Waals surface area contributed by atoms with Crippen molar-refractivity contribution in [2.24, 2.45) is 0 Å². The third kappa shape index (κ3) is 4.28. The normalized spacial score (nSPS) is 17.2. The second-order valence-electron chi connectivity index (χ2n) is 4.63. The highest BCUT2D eigenvalue weighted by Crippen LogP contribution is 2.24. The highest BCUT2D eigenvalue weighted by molar-refractivity contribution is 7.15. The van der Waals surface area contributed by atoms with Crippen LogP contribution in [0.5, 0.6) is 0 Å². The molecule has 1 fully saturated rings. The van der Waals surface area contributed by atoms with Crippen molar-refractivity contribution in [1.82, 2.24) is 4.98 Å². The lowest BCUT2D eigenvalue weighted by molar-refractivity contribution is 0.0181. The SMILES string of the molecule is CCCNc1ncc(COC2CCCCC2)s1. The van der Waals surface area contributed by atoms with Crippen molar-refractivity contribution < 1.29 is 4.74 Å². The highest BCUT2D eigenvalue weighted by Gasteiger charge is 2.14. The summed E-state index contributed by atoms with van der Waals surface area (Å²) >= 11 is 1.71. The predicted octanol–water partition coefficient (Wildman–Crippen LogP) is 3.81. The summed E-state index contributed by atoms with van der Waals surface area (Å²) in [6.45, 7) is 3.89. The maximum Gasteiger partial charge on any atom is 0.182 e. The first-order chi connectivity index (χ1) is 8.38. The van der Waals surface area contributed by atoms with Crippen LogP contribution in [0.2, 0.25) is 0 Å². The van der Waals surface area contributed by atoms with Gasteiger partial charge < -0.3 is 10.1 Å². The minimum Gasteiger partial charge on any atom is -0.373 e. The van der Waals surface area contributed by atoms with Gasteiger partial charge in [0.1, 0.15) is 0 Å². The van der Waals surface area contributed by atoms with E-state index < -0.39 is 0 Å². The zero-order valence-corrected chi connectivity index (χ0v) is 11.4. The molecule has 1 aromatic rings. The molecule has 96 valence electrons. The van der Waals surface area contributed by atoms with E-state index in [1.807, 2.05) is 6.20 Å². The number of nitrogens with one attached hydrogen (secondary N) is 1. The van der Waals surface area contributed by atoms with E-state index in [1.165, 1.54) is 37.0 Å². The van der Waals surface area contributed by atoms with Crippen LogP contribution < -0.4 is 5.32 Å². The molecule has 0 saturated heterocycles. The summed E-state index contributed by atoms with van der Waals surface area (Å²) in [5.41, 5.74) is 0. The first kappa shape index (κ1) is 12.8. The fraction of sp³-hybridized carbons (Fsp3) is 0.769. The van der Waals surface area contributed by atoms with Gasteiger partial charge in [-0.1, -0.05) is 37.5 Å². The van der Waals surface area contributed by atoms with Crippen LogP contribution in [0.4, 0.5) is 5.13 Å². The van der Waals surface area contributed by atoms with Crippen LogP contribution in [-0.4, -0.2) is 17.6 Å². The molecule has 1 N–H and O–H groups in total. The van der Waals surface area contributed by atoms with E-state index in [1.54, 1.807) is 11.3 Å². The Morgan fingerprint density at radius 1 is 1.41 bits per heavy atom. The number of anilines is 1. The summed E-state index contributed by atoms with van der Waals surface area (Å²) in [4.78, 5) is 5.58. The highest BCUT2D eigenvalue weighted by atomic mass is 32.1. The van der Waals surface area contributed by atoms with E-state index in [9.17, 15) is 0 Å². The Bertz CT molecular complexity index is 321. The molecule has 1 heterocycles. The summed E-state index contributed by atoms with van der Waals surface area (Å²) < 4.78 is 5.93. The standard InChI is InChI=1S/C13H22N2OS/c1-2-8-14-13-15-9-12(17-13)10-16-11-6-4-3-5-7-11/h9,11H,2-8,10H2,1H3,(H,14,15). The molecule has 4 heteroatoms. The lowest BCUT2D eigenvalue weighted by atomic mass is 9.98. The molecule has 0 radical (unpaired) electrons. The number of aromatic nitrogens is 1. The largest absolute Gasteiger partial charge is 0.373 e. The molecule has 0 spiro atoms. The molecule has 1 aliphatic carbocycles. The molecule has 1 aromatic heterocycles. The van der Waals surface area contributed by atoms with Gasteiger partial charge in [0.2, 0.25) is 0 Å². The van der Waals surface area contributed by atoms with Crippen molar-refractivity contribution in [2.75, 3.05) is 11.9 Å². The molecule has 1 aliphatic rings. The number of hydrogen-bond acceptors (Lipinski definition) is 4. The van der Waals surface area contributed by atoms with Crippen molar-refractivity contribution in [2.45, 2.75) is 58.2 Å². The summed E-state index contributed by atoms with van der Waals surface area (Å²) in [6.07, 6.45) is 10.1. The van der Waals surface area contributed by atoms with Crippen molar-refractivity contribution in [1.29, 1.82) is 0 Å². The molecule has 3 nitrogen and oxygen atoms in total. The molecule has 0 aliphatic heterocycles. The van der Waals surface area contributed by atoms with Gasteiger partial charge in [0, 0.05) is 12.7 Å². The zero-order valence-electron chi connectivity index (χ0n) is 10.6. The summed E-state index contributed by atoms with van der Waals surface area (Å²) in [5.74, 6) is 0. The van der Waals surface area contributed by atoms with E-state index >= 15 is 0 Å². The maximum absolute atomic E-state index is 5.93. The van der Waals surface area contributed by atoms with Gasteiger partial charge in [0.15, 0.2) is 5.13 Å². The average Bonchev–Trinajstić information content (AvgIpc) is 2.83. The second-order valence-corrected chi connectivity index (χ2v) is 5.74. The minimum absolute atomic E-state index is 0.484. The Labute approximate surface area is 108 Å². The number of rotatable bonds is 6. The Hall–Kier alpha value is -0.610. The number of thiazole rings is 1. The van der Waals surface area contributed by atoms with E-state index in [-0.39, 0.29) is 0 Å². The van der Waals surface area contributed by atoms with Gasteiger partial charge in [-0.3, -0.25) is 0 Å². The Balaban J connectivity index is 1.72. The van der Waals surface area contributed by atoms with Crippen LogP contribution in [0.1, 0.15) is 50.3 Å². The molecule has 2 rings (SSSR count). The number of ether oxygens (including phenoxy) is 1. The van der Waals surface area contributed by atoms with Crippen LogP contribution in [0.3, 0.4) is 0 Å². The predicted molar refractivity (Wildman–Crippen MR) is 72.6 cm³/mol. The third-order valence-electron chi connectivity index (χ3n) is 3.09. The Kier molecular flexibility index (Phi) is 5.26. The number of hydrogen-bond donors (Lipinski definition) is 1. The van der Waals surface area contributed by atoms with E-state index in [0.717, 1.165) is 24.7 Å². The van der Waals surface area contributed by atoms with Crippen molar-refractivity contribution in [3.05, 3.63) is 11.1 Å². The van der Waals surface area contributed by atoms with Crippen LogP contribution in [-0.2, 0) is 11.3 Å². The summed E-state index contributed by atoms with van der Waals surface area (Å²) in [7, 11) is 0. The molecule has 0 atom stereocenters. The minimum atomic E-state index is 0.484. The van der Waals surface area contributed by atoms with Crippen LogP contribution in [0, 0.1) is 0 Å². The molecule has 0 amide bonds. The molecular formula is C13H22N2OS. The van der Waals surface area contributed by atoms with E-state index in [4.69, 9.17) is 4.74 Å². The third-order valence-corrected chi connectivity index (χ3v) is 4.02. The van der Waals surface area contributed by atoms with Gasteiger partial charge in [-0.15, -0.1) is 0 Å². The van der Waals surface area contributed by atoms with Crippen LogP contribution in [0.15, 0.2) is 6.20 Å². The van der Waals surface area contributed by atoms with Gasteiger partial charge in [-0.25, -0.2) is 4.98 Å². The molecule has 0 aromatic carbocycles. The fourth-order valence-corrected chi connectivity index (χ4v) is 2.88. The topological polar surface area (TPSA) is 34.2 Å². The average molecular weight is 254 g/mol. The summed E-state index contributed by atoms with van der Waals surface area (Å²) in [6, 6.07) is 0. The van der Waals surface area contributed by atoms with Crippen molar-refractivity contribution in [3.63, 3.8) is 0 Å². The van der Waals surface area contributed by atoms with Gasteiger partial charge in [0.05, 0.1) is 17.6 Å². The first-order valence-corrected chi connectivity index (χ1v) is 7.50. The van der Waals surface area contributed by atoms with Crippen LogP contribution >= 0.6 is 11.3 Å². The number of nitrogens with zero attached hydrogens (tertiary/aromatic N) is 1. The Morgan fingerprint density at radius 3 is 3.00 bits per heavy atom. The lowest BCUT2D eigenvalue weighted by Crippen LogP contribution is -2.15.